The molecule has 0 saturated heterocycles. The van der Waals surface area contributed by atoms with Crippen molar-refractivity contribution in [2.75, 3.05) is 7.11 Å². The highest BCUT2D eigenvalue weighted by molar-refractivity contribution is 5.79. The molecule has 0 amide bonds. The number of hydrogen-bond acceptors (Lipinski definition) is 3. The van der Waals surface area contributed by atoms with Gasteiger partial charge in [0.1, 0.15) is 0 Å². The Hall–Kier alpha value is -2.10. The summed E-state index contributed by atoms with van der Waals surface area (Å²) in [5.74, 6) is -1.55. The molecular formula is C11H9F3N2O2. The van der Waals surface area contributed by atoms with Gasteiger partial charge in [-0.2, -0.15) is 13.2 Å². The van der Waals surface area contributed by atoms with Gasteiger partial charge in [0.2, 0.25) is 5.69 Å². The van der Waals surface area contributed by atoms with Crippen LogP contribution in [0.1, 0.15) is 24.1 Å². The molecule has 96 valence electrons. The average molecular weight is 258 g/mol. The van der Waals surface area contributed by atoms with Gasteiger partial charge in [0.05, 0.1) is 30.9 Å². The van der Waals surface area contributed by atoms with E-state index in [9.17, 15) is 18.0 Å². The number of nitrogens with zero attached hydrogens (tertiary/aromatic N) is 2. The van der Waals surface area contributed by atoms with Crippen LogP contribution in [-0.4, -0.2) is 18.1 Å². The SMILES string of the molecule is [C-]#[N+]c1cc(C(F)(F)F)cnc1C(C)C(=O)OC. The smallest absolute Gasteiger partial charge is 0.416 e. The van der Waals surface area contributed by atoms with E-state index in [1.807, 2.05) is 0 Å². The third-order valence-electron chi connectivity index (χ3n) is 2.31. The van der Waals surface area contributed by atoms with E-state index in [2.05, 4.69) is 14.6 Å². The number of rotatable bonds is 2. The monoisotopic (exact) mass is 258 g/mol. The van der Waals surface area contributed by atoms with Crippen LogP contribution in [0.2, 0.25) is 0 Å². The minimum atomic E-state index is -4.57. The summed E-state index contributed by atoms with van der Waals surface area (Å²) in [5, 5.41) is 0. The molecule has 18 heavy (non-hydrogen) atoms. The van der Waals surface area contributed by atoms with Gasteiger partial charge in [0.15, 0.2) is 0 Å². The first-order chi connectivity index (χ1) is 8.31. The fourth-order valence-electron chi connectivity index (χ4n) is 1.33. The summed E-state index contributed by atoms with van der Waals surface area (Å²) in [6.07, 6.45) is -3.97. The average Bonchev–Trinajstić information content (AvgIpc) is 2.35. The van der Waals surface area contributed by atoms with Gasteiger partial charge in [-0.1, -0.05) is 0 Å². The van der Waals surface area contributed by atoms with Crippen LogP contribution in [-0.2, 0) is 15.7 Å². The molecule has 1 atom stereocenters. The molecule has 1 heterocycles. The Labute approximate surface area is 101 Å². The summed E-state index contributed by atoms with van der Waals surface area (Å²) in [4.78, 5) is 17.8. The summed E-state index contributed by atoms with van der Waals surface area (Å²) in [6.45, 7) is 8.26. The molecule has 7 heteroatoms. The summed E-state index contributed by atoms with van der Waals surface area (Å²) < 4.78 is 41.7. The molecule has 0 saturated carbocycles. The van der Waals surface area contributed by atoms with Crippen LogP contribution in [0.5, 0.6) is 0 Å². The number of carbonyl (C=O) groups is 1. The molecule has 0 radical (unpaired) electrons. The van der Waals surface area contributed by atoms with E-state index < -0.39 is 23.6 Å². The normalized spacial score (nSPS) is 12.7. The molecule has 1 rings (SSSR count). The van der Waals surface area contributed by atoms with Crippen molar-refractivity contribution >= 4 is 11.7 Å². The minimum Gasteiger partial charge on any atom is -0.469 e. The van der Waals surface area contributed by atoms with E-state index in [4.69, 9.17) is 6.57 Å². The maximum Gasteiger partial charge on any atom is 0.416 e. The summed E-state index contributed by atoms with van der Waals surface area (Å²) in [5.41, 5.74) is -1.35. The molecule has 0 aliphatic rings. The molecule has 1 aromatic heterocycles. The van der Waals surface area contributed by atoms with Crippen LogP contribution in [0.3, 0.4) is 0 Å². The summed E-state index contributed by atoms with van der Waals surface area (Å²) in [7, 11) is 1.15. The topological polar surface area (TPSA) is 43.5 Å². The van der Waals surface area contributed by atoms with Gasteiger partial charge in [-0.05, 0) is 13.0 Å². The highest BCUT2D eigenvalue weighted by atomic mass is 19.4. The van der Waals surface area contributed by atoms with Gasteiger partial charge in [-0.15, -0.1) is 0 Å². The first-order valence-electron chi connectivity index (χ1n) is 4.83. The Balaban J connectivity index is 3.25. The van der Waals surface area contributed by atoms with Crippen LogP contribution in [0.4, 0.5) is 18.9 Å². The fourth-order valence-corrected chi connectivity index (χ4v) is 1.33. The first kappa shape index (κ1) is 14.0. The van der Waals surface area contributed by atoms with Gasteiger partial charge in [-0.3, -0.25) is 9.78 Å². The van der Waals surface area contributed by atoms with E-state index >= 15 is 0 Å². The second-order valence-corrected chi connectivity index (χ2v) is 3.48. The number of esters is 1. The summed E-state index contributed by atoms with van der Waals surface area (Å²) in [6, 6.07) is 0.675. The number of halogens is 3. The molecular weight excluding hydrogens is 249 g/mol. The van der Waals surface area contributed by atoms with Crippen molar-refractivity contribution in [3.05, 3.63) is 34.9 Å². The number of methoxy groups -OCH3 is 1. The lowest BCUT2D eigenvalue weighted by Gasteiger charge is -2.12. The highest BCUT2D eigenvalue weighted by Gasteiger charge is 2.32. The van der Waals surface area contributed by atoms with Crippen molar-refractivity contribution in [2.24, 2.45) is 0 Å². The van der Waals surface area contributed by atoms with Gasteiger partial charge in [-0.25, -0.2) is 4.85 Å². The van der Waals surface area contributed by atoms with Crippen molar-refractivity contribution in [3.8, 4) is 0 Å². The Morgan fingerprint density at radius 3 is 2.61 bits per heavy atom. The maximum absolute atomic E-state index is 12.4. The van der Waals surface area contributed by atoms with Gasteiger partial charge in [0, 0.05) is 6.20 Å². The van der Waals surface area contributed by atoms with Crippen molar-refractivity contribution in [1.82, 2.24) is 4.98 Å². The molecule has 0 bridgehead atoms. The Morgan fingerprint density at radius 2 is 2.17 bits per heavy atom. The lowest BCUT2D eigenvalue weighted by atomic mass is 10.0. The zero-order valence-corrected chi connectivity index (χ0v) is 9.58. The van der Waals surface area contributed by atoms with Crippen molar-refractivity contribution in [2.45, 2.75) is 19.0 Å². The first-order valence-corrected chi connectivity index (χ1v) is 4.83. The van der Waals surface area contributed by atoms with Crippen LogP contribution in [0.15, 0.2) is 12.3 Å². The predicted molar refractivity (Wildman–Crippen MR) is 55.9 cm³/mol. The molecule has 1 aromatic rings. The van der Waals surface area contributed by atoms with E-state index in [1.54, 1.807) is 0 Å². The summed E-state index contributed by atoms with van der Waals surface area (Å²) >= 11 is 0. The number of alkyl halides is 3. The van der Waals surface area contributed by atoms with E-state index in [1.165, 1.54) is 6.92 Å². The second kappa shape index (κ2) is 5.04. The molecule has 1 unspecified atom stereocenters. The lowest BCUT2D eigenvalue weighted by Crippen LogP contribution is -2.13. The molecule has 0 aromatic carbocycles. The predicted octanol–water partition coefficient (Wildman–Crippen LogP) is 2.93. The Bertz CT molecular complexity index is 506. The quantitative estimate of drug-likeness (QED) is 0.605. The van der Waals surface area contributed by atoms with E-state index in [0.29, 0.717) is 12.3 Å². The minimum absolute atomic E-state index is 0.0233. The van der Waals surface area contributed by atoms with Crippen LogP contribution in [0.25, 0.3) is 4.85 Å². The van der Waals surface area contributed by atoms with Crippen LogP contribution >= 0.6 is 0 Å². The lowest BCUT2D eigenvalue weighted by molar-refractivity contribution is -0.142. The van der Waals surface area contributed by atoms with Gasteiger partial charge >= 0.3 is 12.1 Å². The third kappa shape index (κ3) is 2.77. The van der Waals surface area contributed by atoms with E-state index in [0.717, 1.165) is 7.11 Å². The molecule has 0 N–H and O–H groups in total. The van der Waals surface area contributed by atoms with Crippen LogP contribution in [0, 0.1) is 6.57 Å². The van der Waals surface area contributed by atoms with Gasteiger partial charge < -0.3 is 4.74 Å². The largest absolute Gasteiger partial charge is 0.469 e. The molecule has 0 spiro atoms. The molecule has 0 aliphatic heterocycles. The van der Waals surface area contributed by atoms with Crippen molar-refractivity contribution in [3.63, 3.8) is 0 Å². The third-order valence-corrected chi connectivity index (χ3v) is 2.31. The second-order valence-electron chi connectivity index (χ2n) is 3.48. The highest BCUT2D eigenvalue weighted by Crippen LogP contribution is 2.34. The van der Waals surface area contributed by atoms with E-state index in [-0.39, 0.29) is 11.4 Å². The zero-order chi connectivity index (χ0) is 13.9. The Kier molecular flexibility index (Phi) is 3.91. The van der Waals surface area contributed by atoms with Crippen molar-refractivity contribution in [1.29, 1.82) is 0 Å². The van der Waals surface area contributed by atoms with Crippen LogP contribution < -0.4 is 0 Å². The zero-order valence-electron chi connectivity index (χ0n) is 9.58. The van der Waals surface area contributed by atoms with Gasteiger partial charge in [0.25, 0.3) is 0 Å². The van der Waals surface area contributed by atoms with Crippen molar-refractivity contribution < 1.29 is 22.7 Å². The Morgan fingerprint density at radius 1 is 1.56 bits per heavy atom. The molecule has 0 aliphatic carbocycles. The standard InChI is InChI=1S/C11H9F3N2O2/c1-6(10(17)18-3)9-8(15-2)4-7(5-16-9)11(12,13)14/h4-6H,1,3H3. The number of aromatic nitrogens is 1. The number of carbonyl (C=O) groups excluding carboxylic acids is 1. The number of pyridine rings is 1. The molecule has 4 nitrogen and oxygen atoms in total. The number of ether oxygens (including phenoxy) is 1. The molecule has 0 fully saturated rings. The fraction of sp³-hybridized carbons (Fsp3) is 0.364. The maximum atomic E-state index is 12.4. The number of hydrogen-bond donors (Lipinski definition) is 0.